The van der Waals surface area contributed by atoms with E-state index in [0.717, 1.165) is 29.3 Å². The third kappa shape index (κ3) is 3.79. The van der Waals surface area contributed by atoms with Crippen LogP contribution in [0.5, 0.6) is 0 Å². The smallest absolute Gasteiger partial charge is 0.137 e. The van der Waals surface area contributed by atoms with Gasteiger partial charge in [0, 0.05) is 22.9 Å². The van der Waals surface area contributed by atoms with Crippen LogP contribution in [-0.4, -0.2) is 16.5 Å². The molecule has 3 nitrogen and oxygen atoms in total. The first-order valence-electron chi connectivity index (χ1n) is 6.72. The van der Waals surface area contributed by atoms with E-state index in [2.05, 4.69) is 71.0 Å². The Morgan fingerprint density at radius 3 is 2.60 bits per heavy atom. The van der Waals surface area contributed by atoms with Gasteiger partial charge in [-0.25, -0.2) is 9.97 Å². The van der Waals surface area contributed by atoms with Crippen molar-refractivity contribution in [3.8, 4) is 0 Å². The summed E-state index contributed by atoms with van der Waals surface area (Å²) in [5.41, 5.74) is -0.0547. The zero-order valence-electron chi connectivity index (χ0n) is 12.4. The molecule has 0 aromatic carbocycles. The summed E-state index contributed by atoms with van der Waals surface area (Å²) in [4.78, 5) is 12.9. The molecule has 2 aromatic heterocycles. The molecule has 0 spiro atoms. The second kappa shape index (κ2) is 6.22. The van der Waals surface area contributed by atoms with E-state index < -0.39 is 0 Å². The third-order valence-electron chi connectivity index (χ3n) is 2.98. The number of hydrogen-bond donors (Lipinski definition) is 0. The number of nitrogens with zero attached hydrogens (tertiary/aromatic N) is 3. The van der Waals surface area contributed by atoms with Gasteiger partial charge in [0.25, 0.3) is 0 Å². The highest BCUT2D eigenvalue weighted by Crippen LogP contribution is 2.25. The molecule has 0 saturated carbocycles. The summed E-state index contributed by atoms with van der Waals surface area (Å²) in [6.45, 7) is 10.4. The molecule has 0 unspecified atom stereocenters. The van der Waals surface area contributed by atoms with Crippen molar-refractivity contribution in [2.45, 2.75) is 39.7 Å². The van der Waals surface area contributed by atoms with Crippen LogP contribution in [0.3, 0.4) is 0 Å². The Morgan fingerprint density at radius 2 is 2.05 bits per heavy atom. The van der Waals surface area contributed by atoms with Gasteiger partial charge in [-0.3, -0.25) is 0 Å². The van der Waals surface area contributed by atoms with E-state index in [4.69, 9.17) is 4.98 Å². The van der Waals surface area contributed by atoms with E-state index in [1.54, 1.807) is 11.3 Å². The monoisotopic (exact) mass is 353 g/mol. The summed E-state index contributed by atoms with van der Waals surface area (Å²) in [5.74, 6) is 1.85. The first-order chi connectivity index (χ1) is 9.40. The molecule has 0 aliphatic rings. The summed E-state index contributed by atoms with van der Waals surface area (Å²) in [6.07, 6.45) is 0. The summed E-state index contributed by atoms with van der Waals surface area (Å²) >= 11 is 5.28. The Balaban J connectivity index is 2.32. The number of thiophene rings is 1. The molecule has 20 heavy (non-hydrogen) atoms. The lowest BCUT2D eigenvalue weighted by Gasteiger charge is -2.24. The summed E-state index contributed by atoms with van der Waals surface area (Å²) in [7, 11) is 0. The zero-order valence-corrected chi connectivity index (χ0v) is 14.8. The van der Waals surface area contributed by atoms with Gasteiger partial charge < -0.3 is 4.90 Å². The van der Waals surface area contributed by atoms with Gasteiger partial charge in [-0.05, 0) is 34.3 Å². The quantitative estimate of drug-likeness (QED) is 0.750. The van der Waals surface area contributed by atoms with Crippen LogP contribution in [0.4, 0.5) is 5.82 Å². The fourth-order valence-corrected chi connectivity index (χ4v) is 2.94. The number of anilines is 1. The molecule has 108 valence electrons. The van der Waals surface area contributed by atoms with Gasteiger partial charge in [-0.1, -0.05) is 26.8 Å². The summed E-state index contributed by atoms with van der Waals surface area (Å²) in [6, 6.07) is 6.24. The number of hydrogen-bond acceptors (Lipinski definition) is 4. The molecular formula is C15H20BrN3S. The standard InChI is InChI=1S/C15H20BrN3S/c1-5-19(10-11-7-6-8-20-11)13-9-12(16)17-14(18-13)15(2,3)4/h6-9H,5,10H2,1-4H3. The molecule has 2 rings (SSSR count). The van der Waals surface area contributed by atoms with Crippen molar-refractivity contribution < 1.29 is 0 Å². The van der Waals surface area contributed by atoms with Gasteiger partial charge in [0.1, 0.15) is 16.2 Å². The predicted molar refractivity (Wildman–Crippen MR) is 89.5 cm³/mol. The fourth-order valence-electron chi connectivity index (χ4n) is 1.85. The minimum absolute atomic E-state index is 0.0547. The van der Waals surface area contributed by atoms with Crippen LogP contribution < -0.4 is 4.90 Å². The second-order valence-corrected chi connectivity index (χ2v) is 7.56. The molecule has 0 bridgehead atoms. The molecular weight excluding hydrogens is 334 g/mol. The van der Waals surface area contributed by atoms with Crippen molar-refractivity contribution in [1.29, 1.82) is 0 Å². The minimum atomic E-state index is -0.0547. The van der Waals surface area contributed by atoms with Crippen molar-refractivity contribution in [2.75, 3.05) is 11.4 Å². The lowest BCUT2D eigenvalue weighted by atomic mass is 9.96. The molecule has 0 aliphatic heterocycles. The lowest BCUT2D eigenvalue weighted by Crippen LogP contribution is -2.25. The minimum Gasteiger partial charge on any atom is -0.352 e. The predicted octanol–water partition coefficient (Wildman–Crippen LogP) is 4.62. The van der Waals surface area contributed by atoms with Gasteiger partial charge in [0.05, 0.1) is 6.54 Å². The van der Waals surface area contributed by atoms with Gasteiger partial charge in [-0.15, -0.1) is 11.3 Å². The van der Waals surface area contributed by atoms with Crippen molar-refractivity contribution in [2.24, 2.45) is 0 Å². The van der Waals surface area contributed by atoms with Crippen LogP contribution in [0.25, 0.3) is 0 Å². The van der Waals surface area contributed by atoms with Gasteiger partial charge in [-0.2, -0.15) is 0 Å². The van der Waals surface area contributed by atoms with Crippen LogP contribution in [0.15, 0.2) is 28.2 Å². The highest BCUT2D eigenvalue weighted by atomic mass is 79.9. The maximum absolute atomic E-state index is 4.75. The number of aromatic nitrogens is 2. The number of halogens is 1. The van der Waals surface area contributed by atoms with E-state index in [9.17, 15) is 0 Å². The molecule has 0 saturated heterocycles. The SMILES string of the molecule is CCN(Cc1cccs1)c1cc(Br)nc(C(C)(C)C)n1. The van der Waals surface area contributed by atoms with Crippen LogP contribution in [0, 0.1) is 0 Å². The highest BCUT2D eigenvalue weighted by Gasteiger charge is 2.20. The molecule has 0 N–H and O–H groups in total. The van der Waals surface area contributed by atoms with Crippen molar-refractivity contribution >= 4 is 33.1 Å². The van der Waals surface area contributed by atoms with Gasteiger partial charge >= 0.3 is 0 Å². The number of rotatable bonds is 4. The molecule has 5 heteroatoms. The largest absolute Gasteiger partial charge is 0.352 e. The summed E-state index contributed by atoms with van der Waals surface area (Å²) in [5, 5.41) is 2.11. The Hall–Kier alpha value is -0.940. The Labute approximate surface area is 133 Å². The lowest BCUT2D eigenvalue weighted by molar-refractivity contribution is 0.542. The summed E-state index contributed by atoms with van der Waals surface area (Å²) < 4.78 is 0.844. The van der Waals surface area contributed by atoms with Gasteiger partial charge in [0.15, 0.2) is 0 Å². The van der Waals surface area contributed by atoms with Crippen LogP contribution in [0.2, 0.25) is 0 Å². The molecule has 0 fully saturated rings. The van der Waals surface area contributed by atoms with E-state index in [1.165, 1.54) is 4.88 Å². The van der Waals surface area contributed by atoms with Crippen LogP contribution in [-0.2, 0) is 12.0 Å². The van der Waals surface area contributed by atoms with Crippen molar-refractivity contribution in [3.63, 3.8) is 0 Å². The first-order valence-corrected chi connectivity index (χ1v) is 8.40. The maximum atomic E-state index is 4.75. The maximum Gasteiger partial charge on any atom is 0.137 e. The Bertz CT molecular complexity index is 561. The Morgan fingerprint density at radius 1 is 1.30 bits per heavy atom. The van der Waals surface area contributed by atoms with Crippen LogP contribution in [0.1, 0.15) is 38.4 Å². The average Bonchev–Trinajstić information content (AvgIpc) is 2.87. The third-order valence-corrected chi connectivity index (χ3v) is 4.25. The molecule has 0 radical (unpaired) electrons. The van der Waals surface area contributed by atoms with E-state index in [1.807, 2.05) is 6.07 Å². The van der Waals surface area contributed by atoms with E-state index in [-0.39, 0.29) is 5.41 Å². The van der Waals surface area contributed by atoms with E-state index >= 15 is 0 Å². The normalized spacial score (nSPS) is 11.7. The molecule has 0 aliphatic carbocycles. The van der Waals surface area contributed by atoms with Crippen molar-refractivity contribution in [1.82, 2.24) is 9.97 Å². The zero-order chi connectivity index (χ0) is 14.8. The average molecular weight is 354 g/mol. The first kappa shape index (κ1) is 15.4. The molecule has 2 aromatic rings. The second-order valence-electron chi connectivity index (χ2n) is 5.72. The van der Waals surface area contributed by atoms with Crippen LogP contribution >= 0.6 is 27.3 Å². The molecule has 0 amide bonds. The van der Waals surface area contributed by atoms with Gasteiger partial charge in [0.2, 0.25) is 0 Å². The molecule has 0 atom stereocenters. The fraction of sp³-hybridized carbons (Fsp3) is 0.467. The van der Waals surface area contributed by atoms with Crippen molar-refractivity contribution in [3.05, 3.63) is 38.9 Å². The topological polar surface area (TPSA) is 29.0 Å². The molecule has 2 heterocycles. The Kier molecular flexibility index (Phi) is 4.81. The van der Waals surface area contributed by atoms with E-state index in [0.29, 0.717) is 0 Å². The highest BCUT2D eigenvalue weighted by molar-refractivity contribution is 9.10.